The van der Waals surface area contributed by atoms with Gasteiger partial charge in [-0.05, 0) is 42.8 Å². The average Bonchev–Trinajstić information content (AvgIpc) is 2.41. The zero-order valence-corrected chi connectivity index (χ0v) is 11.4. The molecule has 2 aromatic carbocycles. The van der Waals surface area contributed by atoms with Gasteiger partial charge in [-0.3, -0.25) is 0 Å². The summed E-state index contributed by atoms with van der Waals surface area (Å²) >= 11 is 0. The van der Waals surface area contributed by atoms with Crippen LogP contribution >= 0.6 is 0 Å². The Labute approximate surface area is 116 Å². The molecule has 0 fully saturated rings. The summed E-state index contributed by atoms with van der Waals surface area (Å²) in [5, 5.41) is 3.08. The van der Waals surface area contributed by atoms with E-state index < -0.39 is 17.5 Å². The third-order valence-electron chi connectivity index (χ3n) is 3.15. The Bertz CT molecular complexity index is 623. The van der Waals surface area contributed by atoms with Crippen molar-refractivity contribution in [1.82, 2.24) is 5.32 Å². The van der Waals surface area contributed by atoms with Crippen molar-refractivity contribution < 1.29 is 13.2 Å². The van der Waals surface area contributed by atoms with Crippen LogP contribution in [-0.4, -0.2) is 6.54 Å². The van der Waals surface area contributed by atoms with Gasteiger partial charge in [0.2, 0.25) is 0 Å². The van der Waals surface area contributed by atoms with Crippen molar-refractivity contribution in [3.63, 3.8) is 0 Å². The first-order chi connectivity index (χ1) is 9.52. The molecule has 0 aliphatic carbocycles. The van der Waals surface area contributed by atoms with E-state index in [1.165, 1.54) is 19.1 Å². The van der Waals surface area contributed by atoms with Gasteiger partial charge in [0.1, 0.15) is 17.5 Å². The summed E-state index contributed by atoms with van der Waals surface area (Å²) in [7, 11) is 0. The van der Waals surface area contributed by atoms with Crippen LogP contribution in [0, 0.1) is 24.4 Å². The largest absolute Gasteiger partial charge is 0.313 e. The van der Waals surface area contributed by atoms with Gasteiger partial charge < -0.3 is 5.32 Å². The quantitative estimate of drug-likeness (QED) is 0.885. The fourth-order valence-corrected chi connectivity index (χ4v) is 2.01. The second kappa shape index (κ2) is 6.09. The fourth-order valence-electron chi connectivity index (χ4n) is 2.01. The van der Waals surface area contributed by atoms with E-state index in [-0.39, 0.29) is 16.7 Å². The van der Waals surface area contributed by atoms with E-state index in [1.54, 1.807) is 6.07 Å². The third-order valence-corrected chi connectivity index (χ3v) is 3.15. The molecule has 0 spiro atoms. The lowest BCUT2D eigenvalue weighted by molar-refractivity contribution is 0.590. The smallest absolute Gasteiger partial charge is 0.131 e. The van der Waals surface area contributed by atoms with E-state index >= 15 is 0 Å². The first-order valence-corrected chi connectivity index (χ1v) is 6.48. The van der Waals surface area contributed by atoms with Crippen molar-refractivity contribution in [3.05, 3.63) is 58.9 Å². The van der Waals surface area contributed by atoms with Crippen LogP contribution in [0.5, 0.6) is 0 Å². The molecule has 0 unspecified atom stereocenters. The van der Waals surface area contributed by atoms with Crippen LogP contribution in [0.15, 0.2) is 30.3 Å². The lowest BCUT2D eigenvalue weighted by atomic mass is 10.0. The van der Waals surface area contributed by atoms with Crippen LogP contribution < -0.4 is 5.32 Å². The molecule has 4 heteroatoms. The molecule has 0 radical (unpaired) electrons. The minimum absolute atomic E-state index is 0.0550. The average molecular weight is 279 g/mol. The Balaban J connectivity index is 2.41. The van der Waals surface area contributed by atoms with Gasteiger partial charge in [-0.1, -0.05) is 19.1 Å². The highest BCUT2D eigenvalue weighted by Gasteiger charge is 2.13. The molecule has 0 aliphatic rings. The Hall–Kier alpha value is -1.81. The number of halogens is 3. The van der Waals surface area contributed by atoms with Crippen molar-refractivity contribution in [2.45, 2.75) is 20.4 Å². The maximum Gasteiger partial charge on any atom is 0.131 e. The van der Waals surface area contributed by atoms with Gasteiger partial charge >= 0.3 is 0 Å². The molecule has 0 aromatic heterocycles. The molecule has 2 rings (SSSR count). The molecule has 106 valence electrons. The molecular weight excluding hydrogens is 263 g/mol. The second-order valence-electron chi connectivity index (χ2n) is 4.68. The molecule has 0 heterocycles. The van der Waals surface area contributed by atoms with E-state index in [4.69, 9.17) is 0 Å². The molecule has 2 aromatic rings. The standard InChI is InChI=1S/C16H16F3N/c1-3-20-9-11-4-5-12(16(19)7-11)13-8-14(17)10(2)6-15(13)18/h4-8,20H,3,9H2,1-2H3. The normalized spacial score (nSPS) is 10.8. The van der Waals surface area contributed by atoms with E-state index in [0.717, 1.165) is 24.2 Å². The number of hydrogen-bond acceptors (Lipinski definition) is 1. The zero-order chi connectivity index (χ0) is 14.7. The Morgan fingerprint density at radius 2 is 1.60 bits per heavy atom. The van der Waals surface area contributed by atoms with Gasteiger partial charge in [-0.2, -0.15) is 0 Å². The van der Waals surface area contributed by atoms with Crippen LogP contribution in [0.3, 0.4) is 0 Å². The van der Waals surface area contributed by atoms with Gasteiger partial charge in [0.15, 0.2) is 0 Å². The minimum atomic E-state index is -0.623. The number of benzene rings is 2. The van der Waals surface area contributed by atoms with Crippen LogP contribution in [0.2, 0.25) is 0 Å². The zero-order valence-electron chi connectivity index (χ0n) is 11.4. The minimum Gasteiger partial charge on any atom is -0.313 e. The molecular formula is C16H16F3N. The molecule has 1 N–H and O–H groups in total. The van der Waals surface area contributed by atoms with Crippen LogP contribution in [0.4, 0.5) is 13.2 Å². The molecule has 20 heavy (non-hydrogen) atoms. The lowest BCUT2D eigenvalue weighted by Crippen LogP contribution is -2.11. The summed E-state index contributed by atoms with van der Waals surface area (Å²) in [5.41, 5.74) is 0.985. The van der Waals surface area contributed by atoms with Gasteiger partial charge in [0.05, 0.1) is 0 Å². The first kappa shape index (κ1) is 14.6. The Morgan fingerprint density at radius 3 is 2.25 bits per heavy atom. The van der Waals surface area contributed by atoms with Crippen molar-refractivity contribution >= 4 is 0 Å². The maximum atomic E-state index is 14.1. The molecule has 0 atom stereocenters. The number of aryl methyl sites for hydroxylation is 1. The SMILES string of the molecule is CCNCc1ccc(-c2cc(F)c(C)cc2F)c(F)c1. The predicted molar refractivity (Wildman–Crippen MR) is 73.9 cm³/mol. The highest BCUT2D eigenvalue weighted by molar-refractivity contribution is 5.65. The van der Waals surface area contributed by atoms with E-state index in [2.05, 4.69) is 5.32 Å². The monoisotopic (exact) mass is 279 g/mol. The lowest BCUT2D eigenvalue weighted by Gasteiger charge is -2.09. The highest BCUT2D eigenvalue weighted by Crippen LogP contribution is 2.28. The van der Waals surface area contributed by atoms with Crippen LogP contribution in [0.1, 0.15) is 18.1 Å². The third kappa shape index (κ3) is 3.02. The van der Waals surface area contributed by atoms with Crippen molar-refractivity contribution in [1.29, 1.82) is 0 Å². The van der Waals surface area contributed by atoms with Crippen molar-refractivity contribution in [2.75, 3.05) is 6.54 Å². The fraction of sp³-hybridized carbons (Fsp3) is 0.250. The molecule has 0 aliphatic heterocycles. The number of rotatable bonds is 4. The predicted octanol–water partition coefficient (Wildman–Crippen LogP) is 4.19. The maximum absolute atomic E-state index is 14.1. The van der Waals surface area contributed by atoms with Gasteiger partial charge in [-0.15, -0.1) is 0 Å². The van der Waals surface area contributed by atoms with E-state index in [1.807, 2.05) is 6.92 Å². The van der Waals surface area contributed by atoms with E-state index in [9.17, 15) is 13.2 Å². The molecule has 0 bridgehead atoms. The second-order valence-corrected chi connectivity index (χ2v) is 4.68. The van der Waals surface area contributed by atoms with Gasteiger partial charge in [0, 0.05) is 17.7 Å². The summed E-state index contributed by atoms with van der Waals surface area (Å²) < 4.78 is 41.4. The summed E-state index contributed by atoms with van der Waals surface area (Å²) in [4.78, 5) is 0. The van der Waals surface area contributed by atoms with Gasteiger partial charge in [-0.25, -0.2) is 13.2 Å². The Morgan fingerprint density at radius 1 is 0.900 bits per heavy atom. The molecule has 0 saturated carbocycles. The molecule has 1 nitrogen and oxygen atoms in total. The first-order valence-electron chi connectivity index (χ1n) is 6.48. The summed E-state index contributed by atoms with van der Waals surface area (Å²) in [6.07, 6.45) is 0. The molecule has 0 saturated heterocycles. The van der Waals surface area contributed by atoms with Crippen LogP contribution in [0.25, 0.3) is 11.1 Å². The van der Waals surface area contributed by atoms with E-state index in [0.29, 0.717) is 6.54 Å². The number of nitrogens with one attached hydrogen (secondary N) is 1. The topological polar surface area (TPSA) is 12.0 Å². The van der Waals surface area contributed by atoms with Crippen molar-refractivity contribution in [2.24, 2.45) is 0 Å². The van der Waals surface area contributed by atoms with Crippen LogP contribution in [-0.2, 0) is 6.54 Å². The Kier molecular flexibility index (Phi) is 4.45. The van der Waals surface area contributed by atoms with Crippen molar-refractivity contribution in [3.8, 4) is 11.1 Å². The summed E-state index contributed by atoms with van der Waals surface area (Å²) in [6, 6.07) is 6.65. The number of hydrogen-bond donors (Lipinski definition) is 1. The highest BCUT2D eigenvalue weighted by atomic mass is 19.1. The van der Waals surface area contributed by atoms with Gasteiger partial charge in [0.25, 0.3) is 0 Å². The summed E-state index contributed by atoms with van der Waals surface area (Å²) in [6.45, 7) is 4.74. The molecule has 0 amide bonds. The summed E-state index contributed by atoms with van der Waals surface area (Å²) in [5.74, 6) is -1.72.